The van der Waals surface area contributed by atoms with Crippen molar-refractivity contribution in [3.8, 4) is 0 Å². The number of H-pyrrole nitrogens is 1. The topological polar surface area (TPSA) is 117 Å². The van der Waals surface area contributed by atoms with Crippen molar-refractivity contribution < 1.29 is 9.00 Å². The minimum atomic E-state index is -0.864. The number of anilines is 1. The number of aromatic nitrogens is 3. The molecular weight excluding hydrogens is 316 g/mol. The van der Waals surface area contributed by atoms with E-state index < -0.39 is 11.0 Å². The van der Waals surface area contributed by atoms with E-state index in [-0.39, 0.29) is 6.41 Å². The average Bonchev–Trinajstić information content (AvgIpc) is 2.85. The van der Waals surface area contributed by atoms with E-state index in [2.05, 4.69) is 26.0 Å². The highest BCUT2D eigenvalue weighted by Crippen LogP contribution is 2.17. The number of rotatable bonds is 3. The maximum atomic E-state index is 11.5. The Morgan fingerprint density at radius 2 is 2.26 bits per heavy atom. The van der Waals surface area contributed by atoms with Crippen molar-refractivity contribution >= 4 is 34.4 Å². The van der Waals surface area contributed by atoms with Crippen molar-refractivity contribution in [3.05, 3.63) is 18.5 Å². The van der Waals surface area contributed by atoms with Gasteiger partial charge in [-0.1, -0.05) is 0 Å². The van der Waals surface area contributed by atoms with Gasteiger partial charge in [-0.2, -0.15) is 0 Å². The van der Waals surface area contributed by atoms with Crippen molar-refractivity contribution in [2.24, 2.45) is 5.73 Å². The van der Waals surface area contributed by atoms with Crippen molar-refractivity contribution in [1.82, 2.24) is 19.3 Å². The molecule has 9 heteroatoms. The van der Waals surface area contributed by atoms with Crippen molar-refractivity contribution in [1.29, 1.82) is 0 Å². The largest absolute Gasteiger partial charge is 0.372 e. The van der Waals surface area contributed by atoms with Gasteiger partial charge in [0, 0.05) is 31.6 Å². The van der Waals surface area contributed by atoms with E-state index in [0.29, 0.717) is 6.04 Å². The summed E-state index contributed by atoms with van der Waals surface area (Å²) in [5.74, 6) is 0.813. The summed E-state index contributed by atoms with van der Waals surface area (Å²) in [6.45, 7) is 1.77. The molecule has 2 unspecified atom stereocenters. The number of carbonyl (C=O) groups excluding carboxylic acids is 1. The van der Waals surface area contributed by atoms with Gasteiger partial charge >= 0.3 is 0 Å². The van der Waals surface area contributed by atoms with Crippen LogP contribution in [0, 0.1) is 0 Å². The summed E-state index contributed by atoms with van der Waals surface area (Å²) >= 11 is 0. The quantitative estimate of drug-likeness (QED) is 0.709. The highest BCUT2D eigenvalue weighted by molar-refractivity contribution is 7.81. The first-order chi connectivity index (χ1) is 11.1. The van der Waals surface area contributed by atoms with Crippen LogP contribution in [0.4, 0.5) is 5.82 Å². The number of nitrogens with two attached hydrogens (primary N) is 1. The van der Waals surface area contributed by atoms with E-state index in [9.17, 15) is 4.21 Å². The fraction of sp³-hybridized carbons (Fsp3) is 0.500. The zero-order chi connectivity index (χ0) is 16.7. The lowest BCUT2D eigenvalue weighted by atomic mass is 10.1. The number of hydrogen-bond donors (Lipinski definition) is 3. The van der Waals surface area contributed by atoms with Gasteiger partial charge in [-0.3, -0.25) is 4.79 Å². The lowest BCUT2D eigenvalue weighted by molar-refractivity contribution is -0.106. The lowest BCUT2D eigenvalue weighted by Crippen LogP contribution is -2.27. The Hall–Kier alpha value is -2.00. The molecule has 8 nitrogen and oxygen atoms in total. The molecule has 2 aromatic heterocycles. The van der Waals surface area contributed by atoms with Crippen LogP contribution in [0.2, 0.25) is 0 Å². The van der Waals surface area contributed by atoms with E-state index in [4.69, 9.17) is 4.79 Å². The highest BCUT2D eigenvalue weighted by atomic mass is 32.2. The molecule has 1 saturated heterocycles. The molecule has 0 bridgehead atoms. The third-order valence-corrected chi connectivity index (χ3v) is 4.76. The van der Waals surface area contributed by atoms with Crippen molar-refractivity contribution in [3.63, 3.8) is 0 Å². The van der Waals surface area contributed by atoms with Gasteiger partial charge in [0.1, 0.15) is 11.3 Å². The van der Waals surface area contributed by atoms with E-state index >= 15 is 0 Å². The van der Waals surface area contributed by atoms with Crippen LogP contribution in [0.15, 0.2) is 18.5 Å². The number of primary amides is 1. The fourth-order valence-corrected chi connectivity index (χ4v) is 3.33. The minimum Gasteiger partial charge on any atom is -0.372 e. The van der Waals surface area contributed by atoms with Crippen molar-refractivity contribution in [2.45, 2.75) is 25.3 Å². The smallest absolute Gasteiger partial charge is 0.204 e. The molecule has 0 saturated carbocycles. The van der Waals surface area contributed by atoms with E-state index in [1.54, 1.807) is 12.5 Å². The average molecular weight is 338 g/mol. The summed E-state index contributed by atoms with van der Waals surface area (Å²) in [5.41, 5.74) is 5.85. The maximum Gasteiger partial charge on any atom is 0.204 e. The van der Waals surface area contributed by atoms with Crippen LogP contribution in [-0.4, -0.2) is 55.3 Å². The van der Waals surface area contributed by atoms with E-state index in [1.165, 1.54) is 0 Å². The first kappa shape index (κ1) is 17.4. The molecule has 2 atom stereocenters. The number of aromatic amines is 1. The first-order valence-corrected chi connectivity index (χ1v) is 8.96. The van der Waals surface area contributed by atoms with Gasteiger partial charge in [0.25, 0.3) is 0 Å². The minimum absolute atomic E-state index is 0.250. The third kappa shape index (κ3) is 5.00. The van der Waals surface area contributed by atoms with E-state index in [0.717, 1.165) is 49.3 Å². The number of nitrogens with zero attached hydrogens (tertiary/aromatic N) is 3. The van der Waals surface area contributed by atoms with Gasteiger partial charge in [-0.05, 0) is 25.3 Å². The van der Waals surface area contributed by atoms with Crippen LogP contribution in [0.5, 0.6) is 0 Å². The van der Waals surface area contributed by atoms with Gasteiger partial charge in [0.2, 0.25) is 6.41 Å². The first-order valence-electron chi connectivity index (χ1n) is 7.44. The van der Waals surface area contributed by atoms with Crippen LogP contribution < -0.4 is 11.1 Å². The number of carbonyl (C=O) groups is 1. The molecule has 0 aromatic carbocycles. The van der Waals surface area contributed by atoms with Crippen LogP contribution in [0.1, 0.15) is 19.3 Å². The Morgan fingerprint density at radius 3 is 3.00 bits per heavy atom. The summed E-state index contributed by atoms with van der Waals surface area (Å²) in [6, 6.07) is 2.29. The van der Waals surface area contributed by atoms with Crippen molar-refractivity contribution in [2.75, 3.05) is 24.7 Å². The number of fused-ring (bicyclic) bond motifs is 1. The molecule has 126 valence electrons. The van der Waals surface area contributed by atoms with Gasteiger partial charge in [-0.15, -0.1) is 0 Å². The third-order valence-electron chi connectivity index (χ3n) is 3.66. The summed E-state index contributed by atoms with van der Waals surface area (Å²) < 4.78 is 13.6. The SMILES string of the molecule is CS(=O)N1CCCC(Nc2cnc3[nH]ccc3n2)CC1.NC=O. The number of amides is 1. The molecule has 1 fully saturated rings. The second kappa shape index (κ2) is 8.59. The molecule has 4 N–H and O–H groups in total. The Bertz CT molecular complexity index is 662. The van der Waals surface area contributed by atoms with Crippen LogP contribution in [0.3, 0.4) is 0 Å². The Kier molecular flexibility index (Phi) is 6.48. The zero-order valence-electron chi connectivity index (χ0n) is 13.1. The second-order valence-corrected chi connectivity index (χ2v) is 6.59. The predicted molar refractivity (Wildman–Crippen MR) is 91.0 cm³/mol. The van der Waals surface area contributed by atoms with Crippen LogP contribution in [-0.2, 0) is 15.8 Å². The van der Waals surface area contributed by atoms with E-state index in [1.807, 2.05) is 16.6 Å². The standard InChI is InChI=1S/C13H19N5OS.CH3NO/c1-20(19)18-7-2-3-10(5-8-18)16-12-9-15-13-11(17-12)4-6-14-13;2-1-3/h4,6,9-10H,2-3,5,7-8H2,1H3,(H,14,15)(H,16,17);1H,(H2,2,3). The number of nitrogens with one attached hydrogen (secondary N) is 2. The van der Waals surface area contributed by atoms with Crippen LogP contribution in [0.25, 0.3) is 11.2 Å². The zero-order valence-corrected chi connectivity index (χ0v) is 13.9. The fourth-order valence-electron chi connectivity index (χ4n) is 2.58. The Balaban J connectivity index is 0.000000595. The lowest BCUT2D eigenvalue weighted by Gasteiger charge is -2.18. The monoisotopic (exact) mass is 338 g/mol. The molecule has 0 aliphatic carbocycles. The molecule has 23 heavy (non-hydrogen) atoms. The summed E-state index contributed by atoms with van der Waals surface area (Å²) in [5, 5.41) is 3.45. The Morgan fingerprint density at radius 1 is 1.48 bits per heavy atom. The number of hydrogen-bond acceptors (Lipinski definition) is 5. The Labute approximate surface area is 137 Å². The molecule has 0 spiro atoms. The molecule has 1 aliphatic heterocycles. The molecule has 2 aromatic rings. The molecule has 3 heterocycles. The normalized spacial score (nSPS) is 20.1. The van der Waals surface area contributed by atoms with Gasteiger partial charge < -0.3 is 16.0 Å². The summed E-state index contributed by atoms with van der Waals surface area (Å²) in [6.07, 6.45) is 8.71. The predicted octanol–water partition coefficient (Wildman–Crippen LogP) is 0.619. The molecular formula is C14H22N6O2S. The highest BCUT2D eigenvalue weighted by Gasteiger charge is 2.19. The maximum absolute atomic E-state index is 11.5. The van der Waals surface area contributed by atoms with Gasteiger partial charge in [-0.25, -0.2) is 18.5 Å². The molecule has 1 amide bonds. The van der Waals surface area contributed by atoms with Crippen LogP contribution >= 0.6 is 0 Å². The summed E-state index contributed by atoms with van der Waals surface area (Å²) in [7, 11) is -0.864. The molecule has 3 rings (SSSR count). The molecule has 1 aliphatic rings. The van der Waals surface area contributed by atoms with Gasteiger partial charge in [0.05, 0.1) is 17.2 Å². The van der Waals surface area contributed by atoms with Gasteiger partial charge in [0.15, 0.2) is 5.65 Å². The second-order valence-electron chi connectivity index (χ2n) is 5.23. The summed E-state index contributed by atoms with van der Waals surface area (Å²) in [4.78, 5) is 20.5. The molecule has 0 radical (unpaired) electrons.